The topological polar surface area (TPSA) is 117 Å². The van der Waals surface area contributed by atoms with Crippen LogP contribution in [0, 0.1) is 10.1 Å². The predicted molar refractivity (Wildman–Crippen MR) is 143 cm³/mol. The molecule has 4 rings (SSSR count). The second-order valence-electron chi connectivity index (χ2n) is 7.47. The highest BCUT2D eigenvalue weighted by Crippen LogP contribution is 2.48. The van der Waals surface area contributed by atoms with Gasteiger partial charge < -0.3 is 10.6 Å². The van der Waals surface area contributed by atoms with Gasteiger partial charge >= 0.3 is 11.0 Å². The molecule has 36 heavy (non-hydrogen) atoms. The summed E-state index contributed by atoms with van der Waals surface area (Å²) in [6, 6.07) is 13.7. The zero-order chi connectivity index (χ0) is 25.7. The van der Waals surface area contributed by atoms with E-state index in [1.54, 1.807) is 48.5 Å². The lowest BCUT2D eigenvalue weighted by Crippen LogP contribution is -2.42. The van der Waals surface area contributed by atoms with Crippen molar-refractivity contribution in [2.45, 2.75) is 11.8 Å². The molecule has 13 heteroatoms. The molecule has 1 fully saturated rings. The first-order valence-corrected chi connectivity index (χ1v) is 13.1. The van der Waals surface area contributed by atoms with Crippen LogP contribution in [0.25, 0.3) is 6.08 Å². The molecular weight excluding hydrogens is 545 g/mol. The van der Waals surface area contributed by atoms with E-state index in [0.29, 0.717) is 44.2 Å². The Hall–Kier alpha value is -3.12. The molecule has 2 heterocycles. The van der Waals surface area contributed by atoms with E-state index in [2.05, 4.69) is 15.6 Å². The van der Waals surface area contributed by atoms with E-state index < -0.39 is 22.2 Å². The van der Waals surface area contributed by atoms with Crippen LogP contribution in [0.2, 0.25) is 10.0 Å². The van der Waals surface area contributed by atoms with Gasteiger partial charge in [0.15, 0.2) is 5.13 Å². The van der Waals surface area contributed by atoms with Gasteiger partial charge in [0.05, 0.1) is 9.83 Å². The van der Waals surface area contributed by atoms with Gasteiger partial charge in [-0.1, -0.05) is 71.4 Å². The number of halogens is 2. The van der Waals surface area contributed by atoms with E-state index >= 15 is 0 Å². The van der Waals surface area contributed by atoms with Crippen LogP contribution in [0.3, 0.4) is 0 Å². The average Bonchev–Trinajstić information content (AvgIpc) is 3.45. The maximum absolute atomic E-state index is 13.3. The van der Waals surface area contributed by atoms with Crippen molar-refractivity contribution >= 4 is 74.4 Å². The van der Waals surface area contributed by atoms with Crippen LogP contribution in [0.1, 0.15) is 22.9 Å². The van der Waals surface area contributed by atoms with Crippen LogP contribution in [-0.2, 0) is 4.79 Å². The normalized spacial score (nSPS) is 16.4. The number of nitrogens with one attached hydrogen (secondary N) is 2. The summed E-state index contributed by atoms with van der Waals surface area (Å²) in [5.74, 6) is -0.449. The molecule has 186 valence electrons. The highest BCUT2D eigenvalue weighted by Gasteiger charge is 2.42. The third-order valence-electron chi connectivity index (χ3n) is 5.06. The summed E-state index contributed by atoms with van der Waals surface area (Å²) >= 11 is 14.8. The number of benzene rings is 2. The second kappa shape index (κ2) is 11.7. The number of carbonyl (C=O) groups excluding carboxylic acids is 2. The van der Waals surface area contributed by atoms with Crippen LogP contribution in [0.15, 0.2) is 59.6 Å². The number of amides is 3. The lowest BCUT2D eigenvalue weighted by atomic mass is 10.2. The number of nitro groups is 1. The number of urea groups is 1. The summed E-state index contributed by atoms with van der Waals surface area (Å²) < 4.78 is 0. The van der Waals surface area contributed by atoms with Gasteiger partial charge in [0.25, 0.3) is 5.91 Å². The molecule has 9 nitrogen and oxygen atoms in total. The minimum absolute atomic E-state index is 0.0536. The lowest BCUT2D eigenvalue weighted by Gasteiger charge is -2.23. The molecule has 2 aromatic carbocycles. The highest BCUT2D eigenvalue weighted by atomic mass is 35.5. The Morgan fingerprint density at radius 2 is 1.86 bits per heavy atom. The van der Waals surface area contributed by atoms with Crippen molar-refractivity contribution in [2.24, 2.45) is 0 Å². The Morgan fingerprint density at radius 1 is 1.14 bits per heavy atom. The number of carbonyl (C=O) groups is 2. The average molecular weight is 564 g/mol. The standard InChI is InChI=1S/C23H19Cl2N5O4S2/c24-16-8-3-1-6-14(16)12-18-20(31)29(21(35-18)15-7-2-4-9-17(15)25)23(32)27-11-5-10-26-22-28-13-19(36-22)30(33)34/h1-4,6-9,12-13,21H,5,10-11H2,(H,26,28)(H,27,32)/b18-12-. The minimum Gasteiger partial charge on any atom is -0.361 e. The van der Waals surface area contributed by atoms with E-state index in [1.165, 1.54) is 18.0 Å². The van der Waals surface area contributed by atoms with E-state index in [0.717, 1.165) is 16.2 Å². The van der Waals surface area contributed by atoms with Crippen molar-refractivity contribution in [2.75, 3.05) is 18.4 Å². The Labute approximate surface area is 224 Å². The maximum atomic E-state index is 13.3. The molecule has 1 aromatic heterocycles. The van der Waals surface area contributed by atoms with Gasteiger partial charge in [-0.15, -0.1) is 0 Å². The molecule has 2 N–H and O–H groups in total. The number of hydrogen-bond acceptors (Lipinski definition) is 8. The highest BCUT2D eigenvalue weighted by molar-refractivity contribution is 8.04. The van der Waals surface area contributed by atoms with E-state index in [1.807, 2.05) is 6.07 Å². The van der Waals surface area contributed by atoms with Crippen LogP contribution < -0.4 is 10.6 Å². The van der Waals surface area contributed by atoms with Crippen LogP contribution in [-0.4, -0.2) is 39.8 Å². The van der Waals surface area contributed by atoms with Gasteiger partial charge in [0, 0.05) is 28.7 Å². The third-order valence-corrected chi connectivity index (χ3v) is 7.89. The zero-order valence-corrected chi connectivity index (χ0v) is 21.7. The SMILES string of the molecule is O=C(NCCCNc1ncc([N+](=O)[O-])s1)N1C(=O)/C(=C/c2ccccc2Cl)SC1c1ccccc1Cl. The molecule has 0 radical (unpaired) electrons. The molecule has 1 unspecified atom stereocenters. The number of rotatable bonds is 8. The fraction of sp³-hybridized carbons (Fsp3) is 0.174. The van der Waals surface area contributed by atoms with Gasteiger partial charge in [-0.05, 0) is 41.5 Å². The summed E-state index contributed by atoms with van der Waals surface area (Å²) in [5.41, 5.74) is 1.31. The monoisotopic (exact) mass is 563 g/mol. The molecule has 1 aliphatic heterocycles. The Kier molecular flexibility index (Phi) is 8.47. The Bertz CT molecular complexity index is 1330. The summed E-state index contributed by atoms with van der Waals surface area (Å²) in [4.78, 5) is 42.1. The first-order valence-electron chi connectivity index (χ1n) is 10.7. The summed E-state index contributed by atoms with van der Waals surface area (Å²) in [5, 5.41) is 17.2. The molecule has 0 saturated carbocycles. The van der Waals surface area contributed by atoms with Gasteiger partial charge in [-0.2, -0.15) is 0 Å². The first kappa shape index (κ1) is 26.0. The van der Waals surface area contributed by atoms with E-state index in [-0.39, 0.29) is 11.5 Å². The largest absolute Gasteiger partial charge is 0.361 e. The van der Waals surface area contributed by atoms with Gasteiger partial charge in [0.2, 0.25) is 0 Å². The third kappa shape index (κ3) is 5.98. The van der Waals surface area contributed by atoms with Gasteiger partial charge in [-0.25, -0.2) is 14.7 Å². The van der Waals surface area contributed by atoms with Crippen molar-refractivity contribution in [3.63, 3.8) is 0 Å². The van der Waals surface area contributed by atoms with Crippen LogP contribution in [0.4, 0.5) is 14.9 Å². The molecule has 0 bridgehead atoms. The lowest BCUT2D eigenvalue weighted by molar-refractivity contribution is -0.380. The molecule has 1 aliphatic rings. The van der Waals surface area contributed by atoms with Crippen molar-refractivity contribution in [1.82, 2.24) is 15.2 Å². The summed E-state index contributed by atoms with van der Waals surface area (Å²) in [6.45, 7) is 0.700. The molecule has 0 aliphatic carbocycles. The van der Waals surface area contributed by atoms with Crippen LogP contribution >= 0.6 is 46.3 Å². The van der Waals surface area contributed by atoms with E-state index in [9.17, 15) is 19.7 Å². The molecule has 3 amide bonds. The number of thiazole rings is 1. The summed E-state index contributed by atoms with van der Waals surface area (Å²) in [7, 11) is 0. The smallest absolute Gasteiger partial charge is 0.345 e. The second-order valence-corrected chi connectivity index (χ2v) is 10.4. The number of nitrogens with zero attached hydrogens (tertiary/aromatic N) is 3. The van der Waals surface area contributed by atoms with Gasteiger partial charge in [-0.3, -0.25) is 14.9 Å². The Morgan fingerprint density at radius 3 is 2.56 bits per heavy atom. The fourth-order valence-corrected chi connectivity index (χ4v) is 5.77. The number of aromatic nitrogens is 1. The zero-order valence-electron chi connectivity index (χ0n) is 18.5. The maximum Gasteiger partial charge on any atom is 0.345 e. The predicted octanol–water partition coefficient (Wildman–Crippen LogP) is 6.19. The molecule has 1 saturated heterocycles. The number of anilines is 1. The number of thioether (sulfide) groups is 1. The number of imide groups is 1. The van der Waals surface area contributed by atoms with Crippen molar-refractivity contribution in [3.8, 4) is 0 Å². The minimum atomic E-state index is -0.645. The first-order chi connectivity index (χ1) is 17.3. The quantitative estimate of drug-likeness (QED) is 0.145. The van der Waals surface area contributed by atoms with Gasteiger partial charge in [0.1, 0.15) is 11.6 Å². The molecule has 3 aromatic rings. The molecule has 1 atom stereocenters. The van der Waals surface area contributed by atoms with E-state index in [4.69, 9.17) is 23.2 Å². The Balaban J connectivity index is 1.44. The van der Waals surface area contributed by atoms with Crippen molar-refractivity contribution < 1.29 is 14.5 Å². The van der Waals surface area contributed by atoms with Crippen LogP contribution in [0.5, 0.6) is 0 Å². The summed E-state index contributed by atoms with van der Waals surface area (Å²) in [6.07, 6.45) is 3.37. The fourth-order valence-electron chi connectivity index (χ4n) is 3.35. The van der Waals surface area contributed by atoms with Crippen molar-refractivity contribution in [1.29, 1.82) is 0 Å². The molecular formula is C23H19Cl2N5O4S2. The van der Waals surface area contributed by atoms with Crippen molar-refractivity contribution in [3.05, 3.63) is 90.9 Å². The molecule has 0 spiro atoms. The number of hydrogen-bond donors (Lipinski definition) is 2.